The summed E-state index contributed by atoms with van der Waals surface area (Å²) in [5.41, 5.74) is 0. The van der Waals surface area contributed by atoms with E-state index in [1.54, 1.807) is 0 Å². The van der Waals surface area contributed by atoms with Crippen LogP contribution in [0.4, 0.5) is 0 Å². The maximum Gasteiger partial charge on any atom is 0.119 e. The summed E-state index contributed by atoms with van der Waals surface area (Å²) in [5, 5.41) is 3.81. The number of benzene rings is 1. The molecule has 2 nitrogen and oxygen atoms in total. The van der Waals surface area contributed by atoms with Crippen LogP contribution in [0.2, 0.25) is 0 Å². The van der Waals surface area contributed by atoms with Crippen molar-refractivity contribution in [1.82, 2.24) is 5.32 Å². The van der Waals surface area contributed by atoms with E-state index >= 15 is 0 Å². The van der Waals surface area contributed by atoms with E-state index in [4.69, 9.17) is 16.3 Å². The van der Waals surface area contributed by atoms with Gasteiger partial charge in [0, 0.05) is 18.0 Å². The number of hydrogen-bond acceptors (Lipinski definition) is 2. The minimum Gasteiger partial charge on any atom is -0.492 e. The van der Waals surface area contributed by atoms with Gasteiger partial charge in [0.25, 0.3) is 0 Å². The van der Waals surface area contributed by atoms with Gasteiger partial charge in [-0.05, 0) is 25.0 Å². The molecule has 0 aromatic heterocycles. The number of ether oxygens (including phenoxy) is 1. The van der Waals surface area contributed by atoms with Gasteiger partial charge in [-0.1, -0.05) is 37.5 Å². The largest absolute Gasteiger partial charge is 0.492 e. The molecule has 0 heterocycles. The normalized spacial score (nSPS) is 24.5. The van der Waals surface area contributed by atoms with Gasteiger partial charge in [0.1, 0.15) is 12.4 Å². The van der Waals surface area contributed by atoms with E-state index in [0.29, 0.717) is 12.6 Å². The first kappa shape index (κ1) is 13.7. The van der Waals surface area contributed by atoms with Crippen LogP contribution in [0.15, 0.2) is 30.3 Å². The van der Waals surface area contributed by atoms with Crippen LogP contribution in [0.3, 0.4) is 0 Å². The molecular weight excluding hydrogens is 246 g/mol. The van der Waals surface area contributed by atoms with E-state index in [1.807, 2.05) is 30.3 Å². The number of nitrogens with one attached hydrogen (secondary N) is 1. The third-order valence-corrected chi connectivity index (χ3v) is 3.97. The van der Waals surface area contributed by atoms with Crippen molar-refractivity contribution >= 4 is 11.6 Å². The first-order valence-corrected chi connectivity index (χ1v) is 7.35. The minimum atomic E-state index is 0.282. The molecule has 1 aliphatic rings. The predicted molar refractivity (Wildman–Crippen MR) is 76.5 cm³/mol. The molecule has 1 aromatic rings. The summed E-state index contributed by atoms with van der Waals surface area (Å²) >= 11 is 6.38. The fourth-order valence-corrected chi connectivity index (χ4v) is 2.79. The SMILES string of the molecule is ClC1CCCCCC1NCCOc1ccccc1. The molecule has 3 heteroatoms. The highest BCUT2D eigenvalue weighted by Crippen LogP contribution is 2.22. The van der Waals surface area contributed by atoms with E-state index in [-0.39, 0.29) is 5.38 Å². The van der Waals surface area contributed by atoms with Crippen LogP contribution in [0.1, 0.15) is 32.1 Å². The second-order valence-corrected chi connectivity index (χ2v) is 5.44. The molecular formula is C15H22ClNO. The number of rotatable bonds is 5. The van der Waals surface area contributed by atoms with Crippen molar-refractivity contribution in [3.05, 3.63) is 30.3 Å². The highest BCUT2D eigenvalue weighted by Gasteiger charge is 2.20. The molecule has 1 N–H and O–H groups in total. The maximum absolute atomic E-state index is 6.38. The third kappa shape index (κ3) is 4.51. The topological polar surface area (TPSA) is 21.3 Å². The molecule has 1 saturated carbocycles. The quantitative estimate of drug-likeness (QED) is 0.500. The fourth-order valence-electron chi connectivity index (χ4n) is 2.42. The number of hydrogen-bond donors (Lipinski definition) is 1. The molecule has 2 rings (SSSR count). The monoisotopic (exact) mass is 267 g/mol. The van der Waals surface area contributed by atoms with Gasteiger partial charge in [-0.2, -0.15) is 0 Å². The molecule has 0 spiro atoms. The molecule has 1 aliphatic carbocycles. The lowest BCUT2D eigenvalue weighted by atomic mass is 10.1. The van der Waals surface area contributed by atoms with Crippen molar-refractivity contribution in [2.75, 3.05) is 13.2 Å². The number of para-hydroxylation sites is 1. The van der Waals surface area contributed by atoms with Gasteiger partial charge in [-0.25, -0.2) is 0 Å². The summed E-state index contributed by atoms with van der Waals surface area (Å²) in [7, 11) is 0. The molecule has 0 amide bonds. The molecule has 1 fully saturated rings. The highest BCUT2D eigenvalue weighted by molar-refractivity contribution is 6.21. The Morgan fingerprint density at radius 2 is 1.89 bits per heavy atom. The smallest absolute Gasteiger partial charge is 0.119 e. The van der Waals surface area contributed by atoms with E-state index < -0.39 is 0 Å². The van der Waals surface area contributed by atoms with Crippen LogP contribution in [-0.2, 0) is 0 Å². The van der Waals surface area contributed by atoms with Crippen LogP contribution in [-0.4, -0.2) is 24.6 Å². The third-order valence-electron chi connectivity index (χ3n) is 3.45. The van der Waals surface area contributed by atoms with E-state index in [1.165, 1.54) is 25.7 Å². The van der Waals surface area contributed by atoms with Crippen LogP contribution in [0.5, 0.6) is 5.75 Å². The highest BCUT2D eigenvalue weighted by atomic mass is 35.5. The predicted octanol–water partition coefficient (Wildman–Crippen LogP) is 3.60. The molecule has 18 heavy (non-hydrogen) atoms. The van der Waals surface area contributed by atoms with E-state index in [9.17, 15) is 0 Å². The van der Waals surface area contributed by atoms with Crippen LogP contribution >= 0.6 is 11.6 Å². The van der Waals surface area contributed by atoms with Crippen molar-refractivity contribution in [1.29, 1.82) is 0 Å². The van der Waals surface area contributed by atoms with Crippen LogP contribution in [0.25, 0.3) is 0 Å². The Bertz CT molecular complexity index is 331. The van der Waals surface area contributed by atoms with Gasteiger partial charge in [0.05, 0.1) is 0 Å². The zero-order valence-electron chi connectivity index (χ0n) is 10.8. The zero-order chi connectivity index (χ0) is 12.6. The molecule has 0 radical (unpaired) electrons. The fraction of sp³-hybridized carbons (Fsp3) is 0.600. The van der Waals surface area contributed by atoms with Gasteiger partial charge in [-0.15, -0.1) is 11.6 Å². The van der Waals surface area contributed by atoms with Gasteiger partial charge < -0.3 is 10.1 Å². The minimum absolute atomic E-state index is 0.282. The molecule has 100 valence electrons. The summed E-state index contributed by atoms with van der Waals surface area (Å²) in [6, 6.07) is 10.4. The molecule has 1 aromatic carbocycles. The molecule has 2 atom stereocenters. The van der Waals surface area contributed by atoms with Crippen molar-refractivity contribution < 1.29 is 4.74 Å². The lowest BCUT2D eigenvalue weighted by Crippen LogP contribution is -2.38. The Morgan fingerprint density at radius 3 is 2.72 bits per heavy atom. The van der Waals surface area contributed by atoms with Crippen molar-refractivity contribution in [2.24, 2.45) is 0 Å². The standard InChI is InChI=1S/C15H22ClNO/c16-14-9-5-2-6-10-15(14)17-11-12-18-13-7-3-1-4-8-13/h1,3-4,7-8,14-15,17H,2,5-6,9-12H2. The molecule has 0 bridgehead atoms. The molecule has 2 unspecified atom stereocenters. The Hall–Kier alpha value is -0.730. The van der Waals surface area contributed by atoms with Gasteiger partial charge in [0.2, 0.25) is 0 Å². The zero-order valence-corrected chi connectivity index (χ0v) is 11.5. The molecule has 0 aliphatic heterocycles. The second kappa shape index (κ2) is 7.65. The van der Waals surface area contributed by atoms with Gasteiger partial charge >= 0.3 is 0 Å². The van der Waals surface area contributed by atoms with Gasteiger partial charge in [0.15, 0.2) is 0 Å². The average Bonchev–Trinajstić information content (AvgIpc) is 2.61. The Labute approximate surface area is 115 Å². The Kier molecular flexibility index (Phi) is 5.82. The van der Waals surface area contributed by atoms with Crippen molar-refractivity contribution in [3.8, 4) is 5.75 Å². The average molecular weight is 268 g/mol. The summed E-state index contributed by atoms with van der Waals surface area (Å²) in [5.74, 6) is 0.933. The van der Waals surface area contributed by atoms with Crippen LogP contribution in [0, 0.1) is 0 Å². The van der Waals surface area contributed by atoms with Crippen molar-refractivity contribution in [3.63, 3.8) is 0 Å². The summed E-state index contributed by atoms with van der Waals surface area (Å²) < 4.78 is 5.66. The second-order valence-electron chi connectivity index (χ2n) is 4.88. The Balaban J connectivity index is 1.65. The summed E-state index contributed by atoms with van der Waals surface area (Å²) in [4.78, 5) is 0. The summed E-state index contributed by atoms with van der Waals surface area (Å²) in [6.07, 6.45) is 6.22. The lowest BCUT2D eigenvalue weighted by Gasteiger charge is -2.21. The first-order valence-electron chi connectivity index (χ1n) is 6.91. The van der Waals surface area contributed by atoms with E-state index in [0.717, 1.165) is 18.7 Å². The molecule has 0 saturated heterocycles. The lowest BCUT2D eigenvalue weighted by molar-refractivity contribution is 0.301. The number of alkyl halides is 1. The van der Waals surface area contributed by atoms with E-state index in [2.05, 4.69) is 5.32 Å². The maximum atomic E-state index is 6.38. The number of halogens is 1. The van der Waals surface area contributed by atoms with Crippen LogP contribution < -0.4 is 10.1 Å². The Morgan fingerprint density at radius 1 is 1.11 bits per heavy atom. The van der Waals surface area contributed by atoms with Gasteiger partial charge in [-0.3, -0.25) is 0 Å². The first-order chi connectivity index (χ1) is 8.86. The summed E-state index contributed by atoms with van der Waals surface area (Å²) in [6.45, 7) is 1.56. The van der Waals surface area contributed by atoms with Crippen molar-refractivity contribution in [2.45, 2.75) is 43.5 Å².